The van der Waals surface area contributed by atoms with E-state index in [1.165, 1.54) is 10.9 Å². The van der Waals surface area contributed by atoms with Crippen molar-refractivity contribution in [2.75, 3.05) is 36.5 Å². The molecule has 4 aromatic heterocycles. The van der Waals surface area contributed by atoms with Crippen molar-refractivity contribution >= 4 is 23.9 Å². The third-order valence-corrected chi connectivity index (χ3v) is 8.00. The summed E-state index contributed by atoms with van der Waals surface area (Å²) in [6.45, 7) is 8.44. The Morgan fingerprint density at radius 2 is 1.98 bits per heavy atom. The topological polar surface area (TPSA) is 130 Å². The van der Waals surface area contributed by atoms with E-state index in [0.29, 0.717) is 62.5 Å². The fourth-order valence-corrected chi connectivity index (χ4v) is 5.81. The molecule has 0 radical (unpaired) electrons. The average Bonchev–Trinajstić information content (AvgIpc) is 3.60. The van der Waals surface area contributed by atoms with E-state index >= 15 is 0 Å². The molecule has 1 spiro atoms. The van der Waals surface area contributed by atoms with Crippen molar-refractivity contribution in [1.82, 2.24) is 39.8 Å². The zero-order chi connectivity index (χ0) is 28.6. The van der Waals surface area contributed by atoms with Crippen LogP contribution in [0.1, 0.15) is 42.8 Å². The molecule has 12 nitrogen and oxygen atoms in total. The van der Waals surface area contributed by atoms with Crippen molar-refractivity contribution in [3.05, 3.63) is 65.6 Å². The first-order chi connectivity index (χ1) is 19.8. The molecule has 2 atom stereocenters. The molecule has 2 aliphatic heterocycles. The molecule has 4 aromatic rings. The number of ether oxygens (including phenoxy) is 1. The summed E-state index contributed by atoms with van der Waals surface area (Å²) in [4.78, 5) is 30.8. The number of nitrogens with one attached hydrogen (secondary N) is 2. The highest BCUT2D eigenvalue weighted by atomic mass is 19.1. The molecule has 0 aromatic carbocycles. The molecule has 2 N–H and O–H groups in total. The number of anilines is 3. The summed E-state index contributed by atoms with van der Waals surface area (Å²) < 4.78 is 21.2. The Morgan fingerprint density at radius 1 is 1.15 bits per heavy atom. The summed E-state index contributed by atoms with van der Waals surface area (Å²) in [5.74, 6) is 2.12. The second kappa shape index (κ2) is 11.0. The molecule has 2 aliphatic rings. The maximum atomic E-state index is 13.4. The smallest absolute Gasteiger partial charge is 0.227 e. The van der Waals surface area contributed by atoms with Gasteiger partial charge in [0, 0.05) is 55.4 Å². The molecule has 6 rings (SSSR count). The zero-order valence-electron chi connectivity index (χ0n) is 23.3. The SMILES string of the molecule is Cc1cc(Nc2cc(C)[nH]n2)nc(N2CCC3(CC2)OCCN(C(C)c2ccc(-n4cc(F)cn4)nc2)[C@@H]3C=O)n1. The number of aldehydes is 1. The van der Waals surface area contributed by atoms with Gasteiger partial charge in [-0.3, -0.25) is 10.00 Å². The van der Waals surface area contributed by atoms with E-state index in [1.54, 1.807) is 12.3 Å². The molecular formula is C28H33FN10O2. The lowest BCUT2D eigenvalue weighted by Gasteiger charge is -2.52. The molecule has 6 heterocycles. The second-order valence-electron chi connectivity index (χ2n) is 10.7. The lowest BCUT2D eigenvalue weighted by Crippen LogP contribution is -2.64. The quantitative estimate of drug-likeness (QED) is 0.325. The van der Waals surface area contributed by atoms with Gasteiger partial charge in [0.15, 0.2) is 17.5 Å². The van der Waals surface area contributed by atoms with Gasteiger partial charge in [-0.1, -0.05) is 6.07 Å². The highest BCUT2D eigenvalue weighted by Gasteiger charge is 2.49. The summed E-state index contributed by atoms with van der Waals surface area (Å²) in [5.41, 5.74) is 2.17. The van der Waals surface area contributed by atoms with Crippen LogP contribution in [-0.4, -0.2) is 84.0 Å². The predicted octanol–water partition coefficient (Wildman–Crippen LogP) is 3.28. The first-order valence-corrected chi connectivity index (χ1v) is 13.7. The van der Waals surface area contributed by atoms with Gasteiger partial charge in [0.2, 0.25) is 5.95 Å². The molecular weight excluding hydrogens is 527 g/mol. The Morgan fingerprint density at radius 3 is 2.63 bits per heavy atom. The number of aryl methyl sites for hydroxylation is 2. The highest BCUT2D eigenvalue weighted by molar-refractivity contribution is 5.61. The Bertz CT molecular complexity index is 1510. The van der Waals surface area contributed by atoms with Crippen LogP contribution in [0.3, 0.4) is 0 Å². The molecule has 0 aliphatic carbocycles. The maximum absolute atomic E-state index is 13.4. The van der Waals surface area contributed by atoms with Crippen molar-refractivity contribution in [1.29, 1.82) is 0 Å². The number of rotatable bonds is 7. The highest BCUT2D eigenvalue weighted by Crippen LogP contribution is 2.39. The molecule has 0 amide bonds. The monoisotopic (exact) mass is 560 g/mol. The van der Waals surface area contributed by atoms with E-state index in [1.807, 2.05) is 32.0 Å². The largest absolute Gasteiger partial charge is 0.371 e. The Kier molecular flexibility index (Phi) is 7.22. The lowest BCUT2D eigenvalue weighted by atomic mass is 9.81. The standard InChI is InChI=1S/C28H33FN10O2/c1-18-12-24(33-25-13-19(2)35-36-25)34-27(32-18)37-8-6-28(7-9-37)23(17-40)38(10-11-41-28)20(3)21-4-5-26(30-14-21)39-16-22(29)15-31-39/h4-5,12-17,20,23H,6-11H2,1-3H3,(H2,32,33,34,35,36)/t20?,23-/m1/s1. The van der Waals surface area contributed by atoms with Crippen molar-refractivity contribution < 1.29 is 13.9 Å². The molecule has 2 saturated heterocycles. The summed E-state index contributed by atoms with van der Waals surface area (Å²) in [6, 6.07) is 7.08. The third kappa shape index (κ3) is 5.42. The number of morpholine rings is 1. The first-order valence-electron chi connectivity index (χ1n) is 13.7. The summed E-state index contributed by atoms with van der Waals surface area (Å²) in [5, 5.41) is 14.4. The number of halogens is 1. The second-order valence-corrected chi connectivity index (χ2v) is 10.7. The molecule has 41 heavy (non-hydrogen) atoms. The zero-order valence-corrected chi connectivity index (χ0v) is 23.3. The fraction of sp³-hybridized carbons (Fsp3) is 0.429. The van der Waals surface area contributed by atoms with Crippen molar-refractivity contribution in [2.24, 2.45) is 0 Å². The number of pyridine rings is 1. The maximum Gasteiger partial charge on any atom is 0.227 e. The van der Waals surface area contributed by atoms with Crippen molar-refractivity contribution in [3.63, 3.8) is 0 Å². The fourth-order valence-electron chi connectivity index (χ4n) is 5.81. The van der Waals surface area contributed by atoms with Gasteiger partial charge in [-0.2, -0.15) is 15.2 Å². The van der Waals surface area contributed by atoms with E-state index in [2.05, 4.69) is 47.3 Å². The summed E-state index contributed by atoms with van der Waals surface area (Å²) in [7, 11) is 0. The van der Waals surface area contributed by atoms with Gasteiger partial charge in [-0.05, 0) is 45.2 Å². The van der Waals surface area contributed by atoms with Gasteiger partial charge in [-0.15, -0.1) is 0 Å². The van der Waals surface area contributed by atoms with Crippen LogP contribution in [-0.2, 0) is 9.53 Å². The van der Waals surface area contributed by atoms with E-state index in [-0.39, 0.29) is 6.04 Å². The van der Waals surface area contributed by atoms with Gasteiger partial charge in [0.1, 0.15) is 12.1 Å². The summed E-state index contributed by atoms with van der Waals surface area (Å²) in [6.07, 6.45) is 6.55. The normalized spacial score (nSPS) is 19.8. The lowest BCUT2D eigenvalue weighted by molar-refractivity contribution is -0.169. The number of hydrogen-bond acceptors (Lipinski definition) is 10. The van der Waals surface area contributed by atoms with E-state index in [9.17, 15) is 9.18 Å². The van der Waals surface area contributed by atoms with E-state index < -0.39 is 17.5 Å². The molecule has 0 bridgehead atoms. The molecule has 1 unspecified atom stereocenters. The van der Waals surface area contributed by atoms with Gasteiger partial charge in [-0.25, -0.2) is 19.0 Å². The minimum atomic E-state index is -0.595. The molecule has 0 saturated carbocycles. The van der Waals surface area contributed by atoms with Gasteiger partial charge in [0.05, 0.1) is 30.6 Å². The number of carbonyl (C=O) groups excluding carboxylic acids is 1. The Balaban J connectivity index is 1.15. The molecule has 13 heteroatoms. The molecule has 2 fully saturated rings. The van der Waals surface area contributed by atoms with Crippen LogP contribution in [0.25, 0.3) is 5.82 Å². The van der Waals surface area contributed by atoms with Crippen molar-refractivity contribution in [2.45, 2.75) is 51.3 Å². The minimum Gasteiger partial charge on any atom is -0.371 e. The Hall–Kier alpha value is -4.23. The predicted molar refractivity (Wildman–Crippen MR) is 150 cm³/mol. The average molecular weight is 561 g/mol. The minimum absolute atomic E-state index is 0.0701. The van der Waals surface area contributed by atoms with Crippen LogP contribution in [0, 0.1) is 19.7 Å². The van der Waals surface area contributed by atoms with E-state index in [4.69, 9.17) is 9.72 Å². The number of H-pyrrole nitrogens is 1. The van der Waals surface area contributed by atoms with Crippen LogP contribution < -0.4 is 10.2 Å². The molecule has 214 valence electrons. The Labute approximate surface area is 237 Å². The number of nitrogens with zero attached hydrogens (tertiary/aromatic N) is 8. The van der Waals surface area contributed by atoms with Gasteiger partial charge >= 0.3 is 0 Å². The van der Waals surface area contributed by atoms with Crippen LogP contribution in [0.2, 0.25) is 0 Å². The van der Waals surface area contributed by atoms with E-state index in [0.717, 1.165) is 29.4 Å². The van der Waals surface area contributed by atoms with Gasteiger partial charge < -0.3 is 19.7 Å². The number of aromatic nitrogens is 7. The number of piperidine rings is 1. The first kappa shape index (κ1) is 27.0. The number of aromatic amines is 1. The van der Waals surface area contributed by atoms with Crippen LogP contribution in [0.5, 0.6) is 0 Å². The summed E-state index contributed by atoms with van der Waals surface area (Å²) >= 11 is 0. The van der Waals surface area contributed by atoms with Crippen LogP contribution >= 0.6 is 0 Å². The number of carbonyl (C=O) groups is 1. The van der Waals surface area contributed by atoms with Gasteiger partial charge in [0.25, 0.3) is 0 Å². The van der Waals surface area contributed by atoms with Crippen LogP contribution in [0.15, 0.2) is 42.9 Å². The third-order valence-electron chi connectivity index (χ3n) is 8.00. The van der Waals surface area contributed by atoms with Crippen molar-refractivity contribution in [3.8, 4) is 5.82 Å². The van der Waals surface area contributed by atoms with Crippen LogP contribution in [0.4, 0.5) is 22.0 Å². The number of hydrogen-bond donors (Lipinski definition) is 2.